The lowest BCUT2D eigenvalue weighted by molar-refractivity contribution is -0.150. The molecule has 1 aliphatic carbocycles. The fourth-order valence-corrected chi connectivity index (χ4v) is 1.88. The zero-order chi connectivity index (χ0) is 10.6. The van der Waals surface area contributed by atoms with Crippen molar-refractivity contribution < 1.29 is 14.7 Å². The van der Waals surface area contributed by atoms with Crippen LogP contribution < -0.4 is 5.32 Å². The van der Waals surface area contributed by atoms with Gasteiger partial charge in [-0.1, -0.05) is 19.8 Å². The van der Waals surface area contributed by atoms with E-state index in [1.165, 1.54) is 6.42 Å². The van der Waals surface area contributed by atoms with Crippen LogP contribution in [0.15, 0.2) is 0 Å². The fourth-order valence-electron chi connectivity index (χ4n) is 1.88. The average molecular weight is 199 g/mol. The Bertz CT molecular complexity index is 227. The molecule has 1 fully saturated rings. The van der Waals surface area contributed by atoms with Crippen molar-refractivity contribution in [3.8, 4) is 0 Å². The molecular weight excluding hydrogens is 182 g/mol. The van der Waals surface area contributed by atoms with Crippen molar-refractivity contribution in [3.63, 3.8) is 0 Å². The highest BCUT2D eigenvalue weighted by atomic mass is 16.4. The van der Waals surface area contributed by atoms with Crippen LogP contribution in [0.2, 0.25) is 0 Å². The molecule has 1 rings (SSSR count). The molecule has 0 aromatic heterocycles. The molecule has 0 spiro atoms. The summed E-state index contributed by atoms with van der Waals surface area (Å²) in [6, 6.07) is 0.0588. The van der Waals surface area contributed by atoms with Crippen LogP contribution in [0, 0.1) is 5.92 Å². The maximum atomic E-state index is 10.9. The van der Waals surface area contributed by atoms with E-state index in [4.69, 9.17) is 5.11 Å². The standard InChI is InChI=1S/C10H17NO3/c1-7-3-2-4-8(6-5-7)11-9(12)10(13)14/h7-8H,2-6H2,1H3,(H,11,12)(H,13,14). The second-order valence-corrected chi connectivity index (χ2v) is 4.09. The van der Waals surface area contributed by atoms with Crippen LogP contribution in [0.4, 0.5) is 0 Å². The lowest BCUT2D eigenvalue weighted by Gasteiger charge is -2.14. The number of nitrogens with one attached hydrogen (secondary N) is 1. The smallest absolute Gasteiger partial charge is 0.394 e. The Balaban J connectivity index is 2.37. The quantitative estimate of drug-likeness (QED) is 0.492. The summed E-state index contributed by atoms with van der Waals surface area (Å²) >= 11 is 0. The van der Waals surface area contributed by atoms with E-state index in [-0.39, 0.29) is 6.04 Å². The summed E-state index contributed by atoms with van der Waals surface area (Å²) in [7, 11) is 0. The topological polar surface area (TPSA) is 66.4 Å². The Kier molecular flexibility index (Phi) is 3.92. The van der Waals surface area contributed by atoms with Gasteiger partial charge in [-0.05, 0) is 25.2 Å². The number of hydrogen-bond acceptors (Lipinski definition) is 2. The SMILES string of the molecule is CC1CCCC(NC(=O)C(=O)O)CC1. The number of carboxylic acids is 1. The van der Waals surface area contributed by atoms with Crippen LogP contribution in [-0.2, 0) is 9.59 Å². The molecule has 14 heavy (non-hydrogen) atoms. The van der Waals surface area contributed by atoms with Gasteiger partial charge in [0.1, 0.15) is 0 Å². The molecule has 0 saturated heterocycles. The van der Waals surface area contributed by atoms with Crippen LogP contribution in [0.5, 0.6) is 0 Å². The number of aliphatic carboxylic acids is 1. The average Bonchev–Trinajstić information content (AvgIpc) is 2.31. The zero-order valence-corrected chi connectivity index (χ0v) is 8.45. The molecule has 2 atom stereocenters. The zero-order valence-electron chi connectivity index (χ0n) is 8.45. The van der Waals surface area contributed by atoms with Crippen LogP contribution in [0.25, 0.3) is 0 Å². The van der Waals surface area contributed by atoms with Crippen molar-refractivity contribution in [2.75, 3.05) is 0 Å². The van der Waals surface area contributed by atoms with E-state index in [1.54, 1.807) is 0 Å². The third-order valence-corrected chi connectivity index (χ3v) is 2.79. The minimum Gasteiger partial charge on any atom is -0.474 e. The molecule has 1 aliphatic rings. The second-order valence-electron chi connectivity index (χ2n) is 4.09. The number of carbonyl (C=O) groups excluding carboxylic acids is 1. The Morgan fingerprint density at radius 3 is 2.57 bits per heavy atom. The van der Waals surface area contributed by atoms with E-state index < -0.39 is 11.9 Å². The van der Waals surface area contributed by atoms with Gasteiger partial charge >= 0.3 is 11.9 Å². The predicted molar refractivity (Wildman–Crippen MR) is 51.8 cm³/mol. The van der Waals surface area contributed by atoms with Gasteiger partial charge in [-0.15, -0.1) is 0 Å². The van der Waals surface area contributed by atoms with Gasteiger partial charge in [0.05, 0.1) is 0 Å². The molecule has 0 aromatic carbocycles. The Morgan fingerprint density at radius 2 is 1.93 bits per heavy atom. The number of carboxylic acid groups (broad SMARTS) is 1. The van der Waals surface area contributed by atoms with Crippen molar-refractivity contribution in [3.05, 3.63) is 0 Å². The van der Waals surface area contributed by atoms with Gasteiger partial charge in [-0.25, -0.2) is 4.79 Å². The summed E-state index contributed by atoms with van der Waals surface area (Å²) in [5.41, 5.74) is 0. The summed E-state index contributed by atoms with van der Waals surface area (Å²) in [6.07, 6.45) is 5.14. The largest absolute Gasteiger partial charge is 0.474 e. The number of amides is 1. The lowest BCUT2D eigenvalue weighted by atomic mass is 10.0. The van der Waals surface area contributed by atoms with E-state index in [9.17, 15) is 9.59 Å². The molecule has 2 N–H and O–H groups in total. The highest BCUT2D eigenvalue weighted by Crippen LogP contribution is 2.22. The minimum absolute atomic E-state index is 0.0588. The summed E-state index contributed by atoms with van der Waals surface area (Å²) in [5.74, 6) is -1.56. The van der Waals surface area contributed by atoms with Crippen LogP contribution in [0.1, 0.15) is 39.0 Å². The van der Waals surface area contributed by atoms with Crippen LogP contribution in [-0.4, -0.2) is 23.0 Å². The number of carbonyl (C=O) groups is 2. The van der Waals surface area contributed by atoms with Crippen molar-refractivity contribution in [1.29, 1.82) is 0 Å². The molecule has 80 valence electrons. The molecule has 0 heterocycles. The molecule has 0 radical (unpaired) electrons. The van der Waals surface area contributed by atoms with Crippen molar-refractivity contribution in [2.45, 2.75) is 45.1 Å². The normalized spacial score (nSPS) is 27.8. The summed E-state index contributed by atoms with van der Waals surface area (Å²) in [5, 5.41) is 11.0. The third kappa shape index (κ3) is 3.36. The monoisotopic (exact) mass is 199 g/mol. The number of hydrogen-bond donors (Lipinski definition) is 2. The molecule has 0 aromatic rings. The summed E-state index contributed by atoms with van der Waals surface area (Å²) in [4.78, 5) is 21.2. The molecule has 4 nitrogen and oxygen atoms in total. The second kappa shape index (κ2) is 4.98. The lowest BCUT2D eigenvalue weighted by Crippen LogP contribution is -2.38. The van der Waals surface area contributed by atoms with Crippen molar-refractivity contribution in [2.24, 2.45) is 5.92 Å². The van der Waals surface area contributed by atoms with Gasteiger partial charge in [-0.3, -0.25) is 4.79 Å². The molecular formula is C10H17NO3. The summed E-state index contributed by atoms with van der Waals surface area (Å²) < 4.78 is 0. The molecule has 1 amide bonds. The Labute approximate surface area is 83.7 Å². The van der Waals surface area contributed by atoms with E-state index in [2.05, 4.69) is 12.2 Å². The highest BCUT2D eigenvalue weighted by Gasteiger charge is 2.20. The van der Waals surface area contributed by atoms with E-state index in [1.807, 2.05) is 0 Å². The Hall–Kier alpha value is -1.06. The number of rotatable bonds is 1. The maximum absolute atomic E-state index is 10.9. The first-order valence-corrected chi connectivity index (χ1v) is 5.13. The molecule has 2 unspecified atom stereocenters. The van der Waals surface area contributed by atoms with Gasteiger partial charge in [0, 0.05) is 6.04 Å². The Morgan fingerprint density at radius 1 is 1.21 bits per heavy atom. The third-order valence-electron chi connectivity index (χ3n) is 2.79. The van der Waals surface area contributed by atoms with E-state index >= 15 is 0 Å². The van der Waals surface area contributed by atoms with Gasteiger partial charge < -0.3 is 10.4 Å². The molecule has 1 saturated carbocycles. The predicted octanol–water partition coefficient (Wildman–Crippen LogP) is 1.16. The van der Waals surface area contributed by atoms with Crippen molar-refractivity contribution >= 4 is 11.9 Å². The maximum Gasteiger partial charge on any atom is 0.394 e. The van der Waals surface area contributed by atoms with Crippen LogP contribution >= 0.6 is 0 Å². The van der Waals surface area contributed by atoms with E-state index in [0.29, 0.717) is 5.92 Å². The first-order chi connectivity index (χ1) is 6.59. The highest BCUT2D eigenvalue weighted by molar-refractivity contribution is 6.31. The van der Waals surface area contributed by atoms with Gasteiger partial charge in [-0.2, -0.15) is 0 Å². The molecule has 0 aliphatic heterocycles. The molecule has 0 bridgehead atoms. The minimum atomic E-state index is -1.39. The summed E-state index contributed by atoms with van der Waals surface area (Å²) in [6.45, 7) is 2.20. The first kappa shape index (κ1) is 11.0. The van der Waals surface area contributed by atoms with Gasteiger partial charge in [0.2, 0.25) is 0 Å². The first-order valence-electron chi connectivity index (χ1n) is 5.13. The fraction of sp³-hybridized carbons (Fsp3) is 0.800. The van der Waals surface area contributed by atoms with Crippen molar-refractivity contribution in [1.82, 2.24) is 5.32 Å². The molecule has 4 heteroatoms. The van der Waals surface area contributed by atoms with E-state index in [0.717, 1.165) is 25.7 Å². The van der Waals surface area contributed by atoms with Gasteiger partial charge in [0.15, 0.2) is 0 Å². The van der Waals surface area contributed by atoms with Crippen LogP contribution in [0.3, 0.4) is 0 Å². The van der Waals surface area contributed by atoms with Gasteiger partial charge in [0.25, 0.3) is 0 Å².